The second-order valence-electron chi connectivity index (χ2n) is 5.92. The van der Waals surface area contributed by atoms with Gasteiger partial charge in [-0.25, -0.2) is 4.68 Å². The number of nitrogens with zero attached hydrogens (tertiary/aromatic N) is 4. The van der Waals surface area contributed by atoms with Gasteiger partial charge in [-0.15, -0.1) is 0 Å². The second kappa shape index (κ2) is 7.31. The van der Waals surface area contributed by atoms with Gasteiger partial charge in [0.1, 0.15) is 5.75 Å². The van der Waals surface area contributed by atoms with E-state index in [9.17, 15) is 0 Å². The number of aryl methyl sites for hydroxylation is 2. The summed E-state index contributed by atoms with van der Waals surface area (Å²) < 4.78 is 9.76. The minimum atomic E-state index is 0.286. The molecule has 1 atom stereocenters. The highest BCUT2D eigenvalue weighted by atomic mass is 16.5. The summed E-state index contributed by atoms with van der Waals surface area (Å²) in [6.45, 7) is 5.67. The zero-order valence-electron chi connectivity index (χ0n) is 14.3. The van der Waals surface area contributed by atoms with E-state index in [1.165, 1.54) is 0 Å². The maximum absolute atomic E-state index is 6.04. The topological polar surface area (TPSA) is 56.9 Å². The lowest BCUT2D eigenvalue weighted by molar-refractivity contribution is 0.414. The molecule has 6 nitrogen and oxygen atoms in total. The van der Waals surface area contributed by atoms with Gasteiger partial charge in [0.25, 0.3) is 0 Å². The van der Waals surface area contributed by atoms with E-state index in [4.69, 9.17) is 4.74 Å². The van der Waals surface area contributed by atoms with Gasteiger partial charge in [-0.2, -0.15) is 10.2 Å². The summed E-state index contributed by atoms with van der Waals surface area (Å²) in [5, 5.41) is 12.3. The maximum atomic E-state index is 6.04. The largest absolute Gasteiger partial charge is 0.439 e. The number of nitrogens with one attached hydrogen (secondary N) is 1. The van der Waals surface area contributed by atoms with Crippen molar-refractivity contribution in [1.29, 1.82) is 0 Å². The molecule has 0 spiro atoms. The first kappa shape index (κ1) is 16.3. The number of hydrogen-bond donors (Lipinski definition) is 1. The predicted octanol–water partition coefficient (Wildman–Crippen LogP) is 2.90. The number of aromatic nitrogens is 4. The van der Waals surface area contributed by atoms with Crippen molar-refractivity contribution >= 4 is 0 Å². The third kappa shape index (κ3) is 3.83. The van der Waals surface area contributed by atoms with Crippen molar-refractivity contribution in [3.63, 3.8) is 0 Å². The fourth-order valence-electron chi connectivity index (χ4n) is 2.64. The van der Waals surface area contributed by atoms with E-state index in [1.807, 2.05) is 61.2 Å². The van der Waals surface area contributed by atoms with Crippen LogP contribution in [-0.2, 0) is 20.1 Å². The molecule has 2 aromatic heterocycles. The Bertz CT molecular complexity index is 764. The van der Waals surface area contributed by atoms with Crippen LogP contribution in [0.5, 0.6) is 11.6 Å². The molecule has 1 N–H and O–H groups in total. The van der Waals surface area contributed by atoms with Crippen LogP contribution in [0.3, 0.4) is 0 Å². The molecule has 2 heterocycles. The van der Waals surface area contributed by atoms with Crippen LogP contribution in [0.1, 0.15) is 18.2 Å². The van der Waals surface area contributed by atoms with E-state index >= 15 is 0 Å². The van der Waals surface area contributed by atoms with Gasteiger partial charge in [-0.1, -0.05) is 18.2 Å². The van der Waals surface area contributed by atoms with Crippen LogP contribution in [0.4, 0.5) is 0 Å². The van der Waals surface area contributed by atoms with Gasteiger partial charge in [0.2, 0.25) is 5.88 Å². The Morgan fingerprint density at radius 3 is 2.71 bits per heavy atom. The number of ether oxygens (including phenoxy) is 1. The van der Waals surface area contributed by atoms with Crippen LogP contribution in [-0.4, -0.2) is 25.6 Å². The van der Waals surface area contributed by atoms with Crippen molar-refractivity contribution in [2.45, 2.75) is 33.0 Å². The molecule has 0 saturated carbocycles. The van der Waals surface area contributed by atoms with Crippen molar-refractivity contribution < 1.29 is 4.74 Å². The molecule has 1 unspecified atom stereocenters. The lowest BCUT2D eigenvalue weighted by Crippen LogP contribution is -2.30. The van der Waals surface area contributed by atoms with Gasteiger partial charge in [0, 0.05) is 32.0 Å². The number of para-hydroxylation sites is 1. The first-order chi connectivity index (χ1) is 11.6. The lowest BCUT2D eigenvalue weighted by Gasteiger charge is -2.15. The van der Waals surface area contributed by atoms with E-state index in [0.717, 1.165) is 29.4 Å². The predicted molar refractivity (Wildman–Crippen MR) is 93.0 cm³/mol. The molecule has 0 aliphatic rings. The molecule has 0 fully saturated rings. The number of rotatable bonds is 7. The molecule has 3 aromatic rings. The lowest BCUT2D eigenvalue weighted by atomic mass is 10.2. The summed E-state index contributed by atoms with van der Waals surface area (Å²) in [6, 6.07) is 12.0. The average molecular weight is 325 g/mol. The van der Waals surface area contributed by atoms with Gasteiger partial charge < -0.3 is 10.1 Å². The Hall–Kier alpha value is -2.60. The third-order valence-electron chi connectivity index (χ3n) is 3.89. The van der Waals surface area contributed by atoms with Crippen LogP contribution in [0.25, 0.3) is 0 Å². The molecule has 1 aromatic carbocycles. The third-order valence-corrected chi connectivity index (χ3v) is 3.89. The van der Waals surface area contributed by atoms with Crippen LogP contribution >= 0.6 is 0 Å². The summed E-state index contributed by atoms with van der Waals surface area (Å²) in [4.78, 5) is 0. The van der Waals surface area contributed by atoms with E-state index in [1.54, 1.807) is 10.9 Å². The van der Waals surface area contributed by atoms with Gasteiger partial charge >= 0.3 is 0 Å². The fourth-order valence-corrected chi connectivity index (χ4v) is 2.64. The van der Waals surface area contributed by atoms with Crippen molar-refractivity contribution in [3.05, 3.63) is 60.0 Å². The van der Waals surface area contributed by atoms with Gasteiger partial charge in [0.05, 0.1) is 17.8 Å². The molecule has 0 aliphatic heterocycles. The summed E-state index contributed by atoms with van der Waals surface area (Å²) in [7, 11) is 1.90. The SMILES string of the molecule is Cc1nn(C)c(Oc2ccccc2)c1CNC(C)Cn1cccn1. The highest BCUT2D eigenvalue weighted by molar-refractivity contribution is 5.35. The molecule has 0 amide bonds. The maximum Gasteiger partial charge on any atom is 0.222 e. The second-order valence-corrected chi connectivity index (χ2v) is 5.92. The van der Waals surface area contributed by atoms with Gasteiger partial charge in [-0.05, 0) is 32.0 Å². The Labute approximate surface area is 142 Å². The van der Waals surface area contributed by atoms with E-state index in [2.05, 4.69) is 22.4 Å². The van der Waals surface area contributed by atoms with Crippen molar-refractivity contribution in [2.24, 2.45) is 7.05 Å². The van der Waals surface area contributed by atoms with Crippen molar-refractivity contribution in [3.8, 4) is 11.6 Å². The average Bonchev–Trinajstić information content (AvgIpc) is 3.16. The van der Waals surface area contributed by atoms with Crippen LogP contribution in [0.15, 0.2) is 48.8 Å². The highest BCUT2D eigenvalue weighted by Crippen LogP contribution is 2.27. The van der Waals surface area contributed by atoms with Crippen LogP contribution in [0.2, 0.25) is 0 Å². The molecular formula is C18H23N5O. The summed E-state index contributed by atoms with van der Waals surface area (Å²) in [5.74, 6) is 1.59. The molecule has 0 bridgehead atoms. The molecule has 3 rings (SSSR count). The Balaban J connectivity index is 1.68. The van der Waals surface area contributed by atoms with Gasteiger partial charge in [-0.3, -0.25) is 4.68 Å². The highest BCUT2D eigenvalue weighted by Gasteiger charge is 2.16. The zero-order valence-corrected chi connectivity index (χ0v) is 14.3. The van der Waals surface area contributed by atoms with Crippen molar-refractivity contribution in [1.82, 2.24) is 24.9 Å². The summed E-state index contributed by atoms with van der Waals surface area (Å²) in [6.07, 6.45) is 3.77. The smallest absolute Gasteiger partial charge is 0.222 e. The van der Waals surface area contributed by atoms with Gasteiger partial charge in [0.15, 0.2) is 0 Å². The molecular weight excluding hydrogens is 302 g/mol. The Morgan fingerprint density at radius 2 is 2.00 bits per heavy atom. The minimum Gasteiger partial charge on any atom is -0.439 e. The van der Waals surface area contributed by atoms with Crippen LogP contribution < -0.4 is 10.1 Å². The van der Waals surface area contributed by atoms with E-state index in [0.29, 0.717) is 6.54 Å². The number of hydrogen-bond acceptors (Lipinski definition) is 4. The molecule has 6 heteroatoms. The van der Waals surface area contributed by atoms with Crippen molar-refractivity contribution in [2.75, 3.05) is 0 Å². The Kier molecular flexibility index (Phi) is 4.96. The first-order valence-corrected chi connectivity index (χ1v) is 8.09. The standard InChI is InChI=1S/C18H23N5O/c1-14(13-23-11-7-10-20-23)19-12-17-15(2)21-22(3)18(17)24-16-8-5-4-6-9-16/h4-11,14,19H,12-13H2,1-3H3. The van der Waals surface area contributed by atoms with E-state index in [-0.39, 0.29) is 6.04 Å². The first-order valence-electron chi connectivity index (χ1n) is 8.09. The van der Waals surface area contributed by atoms with E-state index < -0.39 is 0 Å². The zero-order chi connectivity index (χ0) is 16.9. The molecule has 126 valence electrons. The fraction of sp³-hybridized carbons (Fsp3) is 0.333. The molecule has 0 saturated heterocycles. The quantitative estimate of drug-likeness (QED) is 0.726. The molecule has 0 aliphatic carbocycles. The normalized spacial score (nSPS) is 12.3. The monoisotopic (exact) mass is 325 g/mol. The summed E-state index contributed by atoms with van der Waals surface area (Å²) in [5.41, 5.74) is 2.05. The summed E-state index contributed by atoms with van der Waals surface area (Å²) >= 11 is 0. The Morgan fingerprint density at radius 1 is 1.21 bits per heavy atom. The van der Waals surface area contributed by atoms with Crippen LogP contribution in [0, 0.1) is 6.92 Å². The number of benzene rings is 1. The molecule has 0 radical (unpaired) electrons. The molecule has 24 heavy (non-hydrogen) atoms. The minimum absolute atomic E-state index is 0.286.